The van der Waals surface area contributed by atoms with Crippen molar-refractivity contribution >= 4 is 22.5 Å². The van der Waals surface area contributed by atoms with E-state index in [1.165, 1.54) is 31.3 Å². The van der Waals surface area contributed by atoms with E-state index < -0.39 is 0 Å². The monoisotopic (exact) mass is 320 g/mol. The van der Waals surface area contributed by atoms with Crippen LogP contribution in [-0.2, 0) is 0 Å². The van der Waals surface area contributed by atoms with Crippen LogP contribution in [0.2, 0.25) is 0 Å². The van der Waals surface area contributed by atoms with Gasteiger partial charge in [-0.05, 0) is 32.1 Å². The van der Waals surface area contributed by atoms with Gasteiger partial charge in [0.1, 0.15) is 0 Å². The van der Waals surface area contributed by atoms with Crippen LogP contribution in [0.3, 0.4) is 0 Å². The smallest absolute Gasteiger partial charge is 0.317 e. The first-order valence-electron chi connectivity index (χ1n) is 8.18. The Kier molecular flexibility index (Phi) is 5.32. The predicted octanol–water partition coefficient (Wildman–Crippen LogP) is 2.87. The summed E-state index contributed by atoms with van der Waals surface area (Å²) in [5, 5.41) is 6.12. The lowest BCUT2D eigenvalue weighted by molar-refractivity contribution is 0.194. The van der Waals surface area contributed by atoms with E-state index in [9.17, 15) is 4.79 Å². The molecule has 0 saturated carbocycles. The van der Waals surface area contributed by atoms with Crippen LogP contribution in [0.5, 0.6) is 0 Å². The molecule has 2 amide bonds. The summed E-state index contributed by atoms with van der Waals surface area (Å²) in [6.45, 7) is 4.04. The number of thiazole rings is 1. The molecule has 1 aliphatic carbocycles. The van der Waals surface area contributed by atoms with Gasteiger partial charge in [-0.1, -0.05) is 11.6 Å². The second-order valence-corrected chi connectivity index (χ2v) is 6.75. The normalized spacial score (nSPS) is 19.0. The van der Waals surface area contributed by atoms with E-state index in [1.807, 2.05) is 16.5 Å². The topological polar surface area (TPSA) is 48.5 Å². The number of urea groups is 1. The van der Waals surface area contributed by atoms with E-state index in [0.717, 1.165) is 44.3 Å². The summed E-state index contributed by atoms with van der Waals surface area (Å²) < 4.78 is 0. The number of rotatable bonds is 4. The fourth-order valence-electron chi connectivity index (χ4n) is 3.05. The van der Waals surface area contributed by atoms with Gasteiger partial charge in [-0.15, -0.1) is 11.3 Å². The molecule has 1 fully saturated rings. The highest BCUT2D eigenvalue weighted by molar-refractivity contribution is 7.13. The highest BCUT2D eigenvalue weighted by Crippen LogP contribution is 2.20. The van der Waals surface area contributed by atoms with Crippen LogP contribution in [-0.4, -0.2) is 48.6 Å². The van der Waals surface area contributed by atoms with Crippen molar-refractivity contribution in [2.24, 2.45) is 0 Å². The number of piperazine rings is 1. The lowest BCUT2D eigenvalue weighted by Crippen LogP contribution is -2.52. The van der Waals surface area contributed by atoms with Gasteiger partial charge in [0.25, 0.3) is 0 Å². The molecule has 1 N–H and O–H groups in total. The van der Waals surface area contributed by atoms with Gasteiger partial charge < -0.3 is 15.1 Å². The molecule has 22 heavy (non-hydrogen) atoms. The third-order valence-electron chi connectivity index (χ3n) is 4.36. The second kappa shape index (κ2) is 7.63. The Hall–Kier alpha value is -1.56. The standard InChI is InChI=1S/C16H24N4OS/c21-15(17-7-6-14-4-2-1-3-5-14)19-9-11-20(12-10-19)16-18-8-13-22-16/h4,8,13H,1-3,5-7,9-12H2,(H,17,21). The first-order chi connectivity index (χ1) is 10.8. The van der Waals surface area contributed by atoms with Crippen molar-refractivity contribution in [2.75, 3.05) is 37.6 Å². The zero-order chi connectivity index (χ0) is 15.2. The summed E-state index contributed by atoms with van der Waals surface area (Å²) in [4.78, 5) is 20.7. The molecule has 1 saturated heterocycles. The summed E-state index contributed by atoms with van der Waals surface area (Å²) in [5.41, 5.74) is 1.51. The fraction of sp³-hybridized carbons (Fsp3) is 0.625. The number of hydrogen-bond donors (Lipinski definition) is 1. The molecule has 1 aliphatic heterocycles. The number of nitrogens with one attached hydrogen (secondary N) is 1. The lowest BCUT2D eigenvalue weighted by Gasteiger charge is -2.34. The minimum absolute atomic E-state index is 0.0789. The molecule has 2 heterocycles. The number of allylic oxidation sites excluding steroid dienone is 1. The predicted molar refractivity (Wildman–Crippen MR) is 90.5 cm³/mol. The minimum atomic E-state index is 0.0789. The molecule has 120 valence electrons. The first kappa shape index (κ1) is 15.3. The molecular weight excluding hydrogens is 296 g/mol. The summed E-state index contributed by atoms with van der Waals surface area (Å²) in [7, 11) is 0. The fourth-order valence-corrected chi connectivity index (χ4v) is 3.74. The molecule has 2 aliphatic rings. The maximum atomic E-state index is 12.2. The van der Waals surface area contributed by atoms with Gasteiger partial charge in [0, 0.05) is 44.3 Å². The number of amides is 2. The van der Waals surface area contributed by atoms with E-state index in [2.05, 4.69) is 21.3 Å². The van der Waals surface area contributed by atoms with Crippen LogP contribution < -0.4 is 10.2 Å². The molecule has 0 aromatic carbocycles. The number of hydrogen-bond acceptors (Lipinski definition) is 4. The lowest BCUT2D eigenvalue weighted by atomic mass is 9.97. The van der Waals surface area contributed by atoms with Gasteiger partial charge in [0.15, 0.2) is 5.13 Å². The molecule has 1 aromatic rings. The van der Waals surface area contributed by atoms with Crippen molar-refractivity contribution in [2.45, 2.75) is 32.1 Å². The Labute approximate surface area is 136 Å². The maximum absolute atomic E-state index is 12.2. The average molecular weight is 320 g/mol. The van der Waals surface area contributed by atoms with Crippen LogP contribution in [0.15, 0.2) is 23.2 Å². The average Bonchev–Trinajstić information content (AvgIpc) is 3.10. The molecule has 0 bridgehead atoms. The van der Waals surface area contributed by atoms with Crippen LogP contribution in [0, 0.1) is 0 Å². The highest BCUT2D eigenvalue weighted by atomic mass is 32.1. The largest absolute Gasteiger partial charge is 0.345 e. The van der Waals surface area contributed by atoms with Crippen LogP contribution in [0.4, 0.5) is 9.93 Å². The Morgan fingerprint density at radius 1 is 1.27 bits per heavy atom. The molecule has 6 heteroatoms. The summed E-state index contributed by atoms with van der Waals surface area (Å²) >= 11 is 1.66. The van der Waals surface area contributed by atoms with Crippen molar-refractivity contribution in [3.05, 3.63) is 23.2 Å². The van der Waals surface area contributed by atoms with Crippen molar-refractivity contribution in [3.63, 3.8) is 0 Å². The zero-order valence-electron chi connectivity index (χ0n) is 13.0. The number of carbonyl (C=O) groups is 1. The van der Waals surface area contributed by atoms with Crippen LogP contribution in [0.25, 0.3) is 0 Å². The molecule has 5 nitrogen and oxygen atoms in total. The van der Waals surface area contributed by atoms with Crippen molar-refractivity contribution in [1.29, 1.82) is 0 Å². The summed E-state index contributed by atoms with van der Waals surface area (Å²) in [6, 6.07) is 0.0789. The number of carbonyl (C=O) groups excluding carboxylic acids is 1. The van der Waals surface area contributed by atoms with Gasteiger partial charge in [0.05, 0.1) is 0 Å². The molecule has 0 atom stereocenters. The SMILES string of the molecule is O=C(NCCC1=CCCCC1)N1CCN(c2nccs2)CC1. The van der Waals surface area contributed by atoms with Gasteiger partial charge in [0.2, 0.25) is 0 Å². The van der Waals surface area contributed by atoms with Crippen LogP contribution >= 0.6 is 11.3 Å². The Morgan fingerprint density at radius 2 is 2.14 bits per heavy atom. The van der Waals surface area contributed by atoms with E-state index in [4.69, 9.17) is 0 Å². The summed E-state index contributed by atoms with van der Waals surface area (Å²) in [5.74, 6) is 0. The van der Waals surface area contributed by atoms with Crippen molar-refractivity contribution in [3.8, 4) is 0 Å². The van der Waals surface area contributed by atoms with E-state index in [0.29, 0.717) is 0 Å². The molecule has 1 aromatic heterocycles. The quantitative estimate of drug-likeness (QED) is 0.868. The minimum Gasteiger partial charge on any atom is -0.345 e. The van der Waals surface area contributed by atoms with Gasteiger partial charge in [-0.25, -0.2) is 9.78 Å². The molecular formula is C16H24N4OS. The third kappa shape index (κ3) is 4.00. The molecule has 0 spiro atoms. The molecule has 0 unspecified atom stereocenters. The second-order valence-electron chi connectivity index (χ2n) is 5.88. The van der Waals surface area contributed by atoms with Crippen LogP contribution in [0.1, 0.15) is 32.1 Å². The van der Waals surface area contributed by atoms with E-state index >= 15 is 0 Å². The Morgan fingerprint density at radius 3 is 2.82 bits per heavy atom. The van der Waals surface area contributed by atoms with Gasteiger partial charge in [-0.3, -0.25) is 0 Å². The van der Waals surface area contributed by atoms with Gasteiger partial charge in [-0.2, -0.15) is 0 Å². The first-order valence-corrected chi connectivity index (χ1v) is 9.06. The van der Waals surface area contributed by atoms with Gasteiger partial charge >= 0.3 is 6.03 Å². The van der Waals surface area contributed by atoms with E-state index in [-0.39, 0.29) is 6.03 Å². The molecule has 0 radical (unpaired) electrons. The van der Waals surface area contributed by atoms with Crippen molar-refractivity contribution in [1.82, 2.24) is 15.2 Å². The Balaban J connectivity index is 1.37. The molecule has 3 rings (SSSR count). The number of anilines is 1. The Bertz CT molecular complexity index is 506. The van der Waals surface area contributed by atoms with Crippen molar-refractivity contribution < 1.29 is 4.79 Å². The zero-order valence-corrected chi connectivity index (χ0v) is 13.8. The number of aromatic nitrogens is 1. The summed E-state index contributed by atoms with van der Waals surface area (Å²) in [6.07, 6.45) is 10.2. The third-order valence-corrected chi connectivity index (χ3v) is 5.20. The van der Waals surface area contributed by atoms with E-state index in [1.54, 1.807) is 11.3 Å². The highest BCUT2D eigenvalue weighted by Gasteiger charge is 2.22. The maximum Gasteiger partial charge on any atom is 0.317 e. The number of nitrogens with zero attached hydrogens (tertiary/aromatic N) is 3.